The smallest absolute Gasteiger partial charge is 0.124 e. The van der Waals surface area contributed by atoms with Crippen LogP contribution in [0.5, 0.6) is 0 Å². The fraction of sp³-hybridized carbons (Fsp3) is 0. The zero-order chi connectivity index (χ0) is 12.5. The van der Waals surface area contributed by atoms with Gasteiger partial charge in [0.25, 0.3) is 0 Å². The number of hydrogen-bond donors (Lipinski definition) is 0. The second-order valence-electron chi connectivity index (χ2n) is 3.49. The molecule has 0 heterocycles. The molecule has 0 unspecified atom stereocenters. The lowest BCUT2D eigenvalue weighted by molar-refractivity contribution is 0.463. The number of halogens is 1. The van der Waals surface area contributed by atoms with Crippen molar-refractivity contribution in [1.82, 2.24) is 0 Å². The van der Waals surface area contributed by atoms with Gasteiger partial charge in [0.15, 0.2) is 0 Å². The van der Waals surface area contributed by atoms with Gasteiger partial charge >= 0.3 is 0 Å². The van der Waals surface area contributed by atoms with E-state index in [2.05, 4.69) is 0 Å². The molecule has 0 atom stereocenters. The summed E-state index contributed by atoms with van der Waals surface area (Å²) in [5, 5.41) is 0. The highest BCUT2D eigenvalue weighted by atomic mass is 32.2. The molecule has 88 valence electrons. The van der Waals surface area contributed by atoms with Gasteiger partial charge in [-0.05, 0) is 35.4 Å². The third-order valence-corrected chi connectivity index (χ3v) is 3.17. The molecule has 2 aromatic carbocycles. The highest BCUT2D eigenvalue weighted by Gasteiger charge is 2.02. The van der Waals surface area contributed by atoms with Crippen LogP contribution in [-0.4, -0.2) is 13.0 Å². The second-order valence-corrected chi connectivity index (χ2v) is 4.87. The van der Waals surface area contributed by atoms with Crippen LogP contribution in [0, 0.1) is 5.82 Å². The minimum Gasteiger partial charge on any atom is -0.744 e. The molecule has 2 rings (SSSR count). The number of benzene rings is 2. The average Bonchev–Trinajstić information content (AvgIpc) is 2.29. The van der Waals surface area contributed by atoms with E-state index in [1.165, 1.54) is 36.4 Å². The van der Waals surface area contributed by atoms with Gasteiger partial charge in [-0.15, -0.1) is 0 Å². The third-order valence-electron chi connectivity index (χ3n) is 2.32. The van der Waals surface area contributed by atoms with Crippen LogP contribution in [0.25, 0.3) is 11.1 Å². The fourth-order valence-corrected chi connectivity index (χ4v) is 1.93. The van der Waals surface area contributed by atoms with E-state index in [-0.39, 0.29) is 10.7 Å². The lowest BCUT2D eigenvalue weighted by Crippen LogP contribution is -1.97. The Kier molecular flexibility index (Phi) is 2.95. The summed E-state index contributed by atoms with van der Waals surface area (Å²) in [6.45, 7) is 0. The molecule has 0 saturated heterocycles. The molecule has 0 amide bonds. The summed E-state index contributed by atoms with van der Waals surface area (Å²) in [7, 11) is -4.42. The van der Waals surface area contributed by atoms with Gasteiger partial charge in [0.05, 0.1) is 4.90 Å². The van der Waals surface area contributed by atoms with Crippen LogP contribution < -0.4 is 0 Å². The average molecular weight is 251 g/mol. The van der Waals surface area contributed by atoms with Crippen molar-refractivity contribution in [1.29, 1.82) is 0 Å². The molecule has 17 heavy (non-hydrogen) atoms. The Labute approximate surface area is 98.3 Å². The minimum absolute atomic E-state index is 0.275. The van der Waals surface area contributed by atoms with Gasteiger partial charge in [0.1, 0.15) is 15.9 Å². The highest BCUT2D eigenvalue weighted by Crippen LogP contribution is 2.21. The summed E-state index contributed by atoms with van der Waals surface area (Å²) in [6, 6.07) is 11.3. The molecule has 0 aliphatic heterocycles. The molecule has 0 bridgehead atoms. The Morgan fingerprint density at radius 1 is 0.824 bits per heavy atom. The maximum Gasteiger partial charge on any atom is 0.124 e. The Morgan fingerprint density at radius 2 is 1.24 bits per heavy atom. The van der Waals surface area contributed by atoms with Crippen molar-refractivity contribution in [3.8, 4) is 11.1 Å². The lowest BCUT2D eigenvalue weighted by atomic mass is 10.1. The van der Waals surface area contributed by atoms with E-state index >= 15 is 0 Å². The van der Waals surface area contributed by atoms with E-state index in [0.717, 1.165) is 11.1 Å². The summed E-state index contributed by atoms with van der Waals surface area (Å²) in [6.07, 6.45) is 0. The third kappa shape index (κ3) is 2.69. The first-order chi connectivity index (χ1) is 7.97. The van der Waals surface area contributed by atoms with E-state index in [1.54, 1.807) is 12.1 Å². The molecule has 0 saturated carbocycles. The molecule has 0 radical (unpaired) electrons. The maximum absolute atomic E-state index is 12.7. The minimum atomic E-state index is -4.42. The molecule has 0 aliphatic carbocycles. The van der Waals surface area contributed by atoms with Gasteiger partial charge in [0.2, 0.25) is 0 Å². The van der Waals surface area contributed by atoms with E-state index in [4.69, 9.17) is 0 Å². The summed E-state index contributed by atoms with van der Waals surface area (Å²) in [5.74, 6) is -0.340. The molecule has 0 aliphatic rings. The molecule has 3 nitrogen and oxygen atoms in total. The van der Waals surface area contributed by atoms with Crippen molar-refractivity contribution in [3.63, 3.8) is 0 Å². The van der Waals surface area contributed by atoms with Crippen molar-refractivity contribution in [2.45, 2.75) is 4.90 Å². The summed E-state index contributed by atoms with van der Waals surface area (Å²) < 4.78 is 44.9. The largest absolute Gasteiger partial charge is 0.744 e. The van der Waals surface area contributed by atoms with Crippen LogP contribution in [0.2, 0.25) is 0 Å². The Morgan fingerprint density at radius 3 is 1.65 bits per heavy atom. The van der Waals surface area contributed by atoms with Gasteiger partial charge in [0, 0.05) is 0 Å². The first-order valence-corrected chi connectivity index (χ1v) is 6.19. The Hall–Kier alpha value is -1.72. The number of rotatable bonds is 2. The molecule has 5 heteroatoms. The summed E-state index contributed by atoms with van der Waals surface area (Å²) in [5.41, 5.74) is 1.47. The molecule has 2 aromatic rings. The van der Waals surface area contributed by atoms with Crippen molar-refractivity contribution < 1.29 is 17.4 Å². The Balaban J connectivity index is 2.39. The highest BCUT2D eigenvalue weighted by molar-refractivity contribution is 7.85. The van der Waals surface area contributed by atoms with Crippen LogP contribution in [0.15, 0.2) is 53.4 Å². The van der Waals surface area contributed by atoms with Crippen molar-refractivity contribution in [2.75, 3.05) is 0 Å². The predicted octanol–water partition coefficient (Wildman–Crippen LogP) is 2.40. The van der Waals surface area contributed by atoms with Crippen molar-refractivity contribution >= 4 is 10.1 Å². The van der Waals surface area contributed by atoms with Gasteiger partial charge in [-0.25, -0.2) is 12.8 Å². The van der Waals surface area contributed by atoms with E-state index in [1.807, 2.05) is 0 Å². The zero-order valence-corrected chi connectivity index (χ0v) is 9.45. The molecular formula is C12H8FO3S-. The van der Waals surface area contributed by atoms with Crippen LogP contribution in [-0.2, 0) is 10.1 Å². The monoisotopic (exact) mass is 251 g/mol. The Bertz CT molecular complexity index is 616. The standard InChI is InChI=1S/C12H9FO3S/c13-11-5-1-9(2-6-11)10-3-7-12(8-4-10)17(14,15)16/h1-8H,(H,14,15,16)/p-1. The predicted molar refractivity (Wildman–Crippen MR) is 59.8 cm³/mol. The van der Waals surface area contributed by atoms with Crippen LogP contribution in [0.1, 0.15) is 0 Å². The topological polar surface area (TPSA) is 57.2 Å². The van der Waals surface area contributed by atoms with Gasteiger partial charge in [-0.2, -0.15) is 0 Å². The van der Waals surface area contributed by atoms with Crippen LogP contribution >= 0.6 is 0 Å². The summed E-state index contributed by atoms with van der Waals surface area (Å²) >= 11 is 0. The fourth-order valence-electron chi connectivity index (χ4n) is 1.46. The molecule has 0 spiro atoms. The molecular weight excluding hydrogens is 243 g/mol. The van der Waals surface area contributed by atoms with Crippen LogP contribution in [0.3, 0.4) is 0 Å². The first-order valence-electron chi connectivity index (χ1n) is 4.79. The quantitative estimate of drug-likeness (QED) is 0.770. The normalized spacial score (nSPS) is 11.4. The lowest BCUT2D eigenvalue weighted by Gasteiger charge is -2.07. The van der Waals surface area contributed by atoms with Crippen molar-refractivity contribution in [3.05, 3.63) is 54.3 Å². The molecule has 0 aromatic heterocycles. The molecule has 0 N–H and O–H groups in total. The van der Waals surface area contributed by atoms with Gasteiger partial charge in [-0.3, -0.25) is 0 Å². The van der Waals surface area contributed by atoms with Crippen molar-refractivity contribution in [2.24, 2.45) is 0 Å². The maximum atomic E-state index is 12.7. The van der Waals surface area contributed by atoms with Gasteiger partial charge < -0.3 is 4.55 Å². The summed E-state index contributed by atoms with van der Waals surface area (Å²) in [4.78, 5) is -0.275. The first kappa shape index (κ1) is 11.8. The number of hydrogen-bond acceptors (Lipinski definition) is 3. The zero-order valence-electron chi connectivity index (χ0n) is 8.63. The van der Waals surface area contributed by atoms with Gasteiger partial charge in [-0.1, -0.05) is 24.3 Å². The second kappa shape index (κ2) is 4.27. The van der Waals surface area contributed by atoms with E-state index in [9.17, 15) is 17.4 Å². The van der Waals surface area contributed by atoms with Crippen LogP contribution in [0.4, 0.5) is 4.39 Å². The van der Waals surface area contributed by atoms with E-state index < -0.39 is 10.1 Å². The molecule has 0 fully saturated rings. The van der Waals surface area contributed by atoms with E-state index in [0.29, 0.717) is 0 Å². The SMILES string of the molecule is O=S(=O)([O-])c1ccc(-c2ccc(F)cc2)cc1.